The lowest BCUT2D eigenvalue weighted by atomic mass is 10.1. The van der Waals surface area contributed by atoms with Gasteiger partial charge in [0.15, 0.2) is 0 Å². The second-order valence-corrected chi connectivity index (χ2v) is 4.92. The molecule has 0 aliphatic carbocycles. The molecule has 19 heavy (non-hydrogen) atoms. The minimum absolute atomic E-state index is 0.0874. The maximum atomic E-state index is 11.5. The fraction of sp³-hybridized carbons (Fsp3) is 0.533. The molecule has 0 fully saturated rings. The van der Waals surface area contributed by atoms with Crippen molar-refractivity contribution in [2.45, 2.75) is 39.3 Å². The summed E-state index contributed by atoms with van der Waals surface area (Å²) in [6.07, 6.45) is 0.499. The zero-order valence-corrected chi connectivity index (χ0v) is 12.2. The van der Waals surface area contributed by atoms with E-state index in [0.29, 0.717) is 13.0 Å². The molecule has 1 aromatic rings. The number of ether oxygens (including phenoxy) is 1. The van der Waals surface area contributed by atoms with Crippen LogP contribution in [0.2, 0.25) is 0 Å². The van der Waals surface area contributed by atoms with Gasteiger partial charge in [0.05, 0.1) is 7.11 Å². The quantitative estimate of drug-likeness (QED) is 0.794. The minimum Gasteiger partial charge on any atom is -0.497 e. The van der Waals surface area contributed by atoms with Crippen LogP contribution in [-0.4, -0.2) is 25.6 Å². The molecule has 0 aromatic heterocycles. The molecule has 0 aliphatic heterocycles. The standard InChI is InChI=1S/C15H24N2O2/c1-11(2)17-15(18)9-10-16-12(3)13-5-7-14(19-4)8-6-13/h5-8,11-12,16H,9-10H2,1-4H3,(H,17,18). The van der Waals surface area contributed by atoms with E-state index in [0.717, 1.165) is 5.75 Å². The number of rotatable bonds is 7. The second kappa shape index (κ2) is 7.79. The van der Waals surface area contributed by atoms with Crippen molar-refractivity contribution in [1.82, 2.24) is 10.6 Å². The van der Waals surface area contributed by atoms with Crippen LogP contribution >= 0.6 is 0 Å². The van der Waals surface area contributed by atoms with Crippen LogP contribution in [0.15, 0.2) is 24.3 Å². The van der Waals surface area contributed by atoms with E-state index >= 15 is 0 Å². The molecule has 0 saturated carbocycles. The van der Waals surface area contributed by atoms with Crippen molar-refractivity contribution in [3.63, 3.8) is 0 Å². The number of carbonyl (C=O) groups excluding carboxylic acids is 1. The summed E-state index contributed by atoms with van der Waals surface area (Å²) in [6.45, 7) is 6.69. The topological polar surface area (TPSA) is 50.4 Å². The van der Waals surface area contributed by atoms with Gasteiger partial charge < -0.3 is 15.4 Å². The molecule has 0 saturated heterocycles. The Bertz CT molecular complexity index is 388. The smallest absolute Gasteiger partial charge is 0.221 e. The molecule has 0 heterocycles. The summed E-state index contributed by atoms with van der Waals surface area (Å²) in [7, 11) is 1.66. The first kappa shape index (κ1) is 15.5. The zero-order chi connectivity index (χ0) is 14.3. The maximum Gasteiger partial charge on any atom is 0.221 e. The second-order valence-electron chi connectivity index (χ2n) is 4.92. The Balaban J connectivity index is 2.34. The molecule has 4 nitrogen and oxygen atoms in total. The molecule has 106 valence electrons. The van der Waals surface area contributed by atoms with Crippen LogP contribution in [-0.2, 0) is 4.79 Å². The van der Waals surface area contributed by atoms with Crippen molar-refractivity contribution in [1.29, 1.82) is 0 Å². The Hall–Kier alpha value is -1.55. The summed E-state index contributed by atoms with van der Waals surface area (Å²) in [5.41, 5.74) is 1.19. The summed E-state index contributed by atoms with van der Waals surface area (Å²) in [5.74, 6) is 0.941. The van der Waals surface area contributed by atoms with Crippen molar-refractivity contribution in [3.8, 4) is 5.75 Å². The van der Waals surface area contributed by atoms with Gasteiger partial charge in [-0.05, 0) is 38.5 Å². The van der Waals surface area contributed by atoms with E-state index in [1.807, 2.05) is 38.1 Å². The Labute approximate surface area is 115 Å². The number of amides is 1. The summed E-state index contributed by atoms with van der Waals surface area (Å²) >= 11 is 0. The van der Waals surface area contributed by atoms with Crippen molar-refractivity contribution in [2.75, 3.05) is 13.7 Å². The fourth-order valence-corrected chi connectivity index (χ4v) is 1.81. The van der Waals surface area contributed by atoms with Gasteiger partial charge >= 0.3 is 0 Å². The van der Waals surface area contributed by atoms with Crippen LogP contribution in [0.3, 0.4) is 0 Å². The van der Waals surface area contributed by atoms with Gasteiger partial charge in [0.25, 0.3) is 0 Å². The van der Waals surface area contributed by atoms with Gasteiger partial charge in [0.1, 0.15) is 5.75 Å². The molecule has 4 heteroatoms. The molecule has 2 N–H and O–H groups in total. The van der Waals surface area contributed by atoms with Crippen molar-refractivity contribution >= 4 is 5.91 Å². The Kier molecular flexibility index (Phi) is 6.36. The molecular formula is C15H24N2O2. The molecule has 1 amide bonds. The van der Waals surface area contributed by atoms with Gasteiger partial charge in [-0.15, -0.1) is 0 Å². The molecule has 0 bridgehead atoms. The number of hydrogen-bond donors (Lipinski definition) is 2. The van der Waals surface area contributed by atoms with Crippen molar-refractivity contribution in [3.05, 3.63) is 29.8 Å². The lowest BCUT2D eigenvalue weighted by Gasteiger charge is -2.15. The van der Waals surface area contributed by atoms with Crippen molar-refractivity contribution in [2.24, 2.45) is 0 Å². The monoisotopic (exact) mass is 264 g/mol. The zero-order valence-electron chi connectivity index (χ0n) is 12.2. The van der Waals surface area contributed by atoms with E-state index < -0.39 is 0 Å². The fourth-order valence-electron chi connectivity index (χ4n) is 1.81. The maximum absolute atomic E-state index is 11.5. The minimum atomic E-state index is 0.0874. The van der Waals surface area contributed by atoms with E-state index in [1.54, 1.807) is 7.11 Å². The highest BCUT2D eigenvalue weighted by molar-refractivity contribution is 5.76. The molecule has 0 aliphatic rings. The van der Waals surface area contributed by atoms with Crippen molar-refractivity contribution < 1.29 is 9.53 Å². The van der Waals surface area contributed by atoms with Gasteiger partial charge in [0.2, 0.25) is 5.91 Å². The normalized spacial score (nSPS) is 12.3. The summed E-state index contributed by atoms with van der Waals surface area (Å²) in [4.78, 5) is 11.5. The summed E-state index contributed by atoms with van der Waals surface area (Å²) < 4.78 is 5.13. The molecule has 1 aromatic carbocycles. The average Bonchev–Trinajstić information content (AvgIpc) is 2.37. The first-order chi connectivity index (χ1) is 9.02. The average molecular weight is 264 g/mol. The predicted octanol–water partition coefficient (Wildman–Crippen LogP) is 2.26. The Morgan fingerprint density at radius 1 is 1.21 bits per heavy atom. The number of methoxy groups -OCH3 is 1. The molecular weight excluding hydrogens is 240 g/mol. The molecule has 1 unspecified atom stereocenters. The number of carbonyl (C=O) groups is 1. The number of benzene rings is 1. The largest absolute Gasteiger partial charge is 0.497 e. The molecule has 0 spiro atoms. The van der Waals surface area contributed by atoms with E-state index in [1.165, 1.54) is 5.56 Å². The summed E-state index contributed by atoms with van der Waals surface area (Å²) in [5, 5.41) is 6.21. The van der Waals surface area contributed by atoms with Gasteiger partial charge in [-0.1, -0.05) is 12.1 Å². The Morgan fingerprint density at radius 3 is 2.37 bits per heavy atom. The first-order valence-electron chi connectivity index (χ1n) is 6.69. The van der Waals surface area contributed by atoms with Gasteiger partial charge in [0, 0.05) is 25.0 Å². The number of hydrogen-bond acceptors (Lipinski definition) is 3. The van der Waals surface area contributed by atoms with Gasteiger partial charge in [-0.25, -0.2) is 0 Å². The summed E-state index contributed by atoms with van der Waals surface area (Å²) in [6, 6.07) is 8.37. The third-order valence-corrected chi connectivity index (χ3v) is 2.87. The van der Waals surface area contributed by atoms with Crippen LogP contribution in [0, 0.1) is 0 Å². The van der Waals surface area contributed by atoms with E-state index in [9.17, 15) is 4.79 Å². The van der Waals surface area contributed by atoms with E-state index in [2.05, 4.69) is 17.6 Å². The third-order valence-electron chi connectivity index (χ3n) is 2.87. The Morgan fingerprint density at radius 2 is 1.84 bits per heavy atom. The third kappa shape index (κ3) is 5.75. The van der Waals surface area contributed by atoms with Gasteiger partial charge in [-0.2, -0.15) is 0 Å². The SMILES string of the molecule is COc1ccc(C(C)NCCC(=O)NC(C)C)cc1. The predicted molar refractivity (Wildman–Crippen MR) is 77.3 cm³/mol. The van der Waals surface area contributed by atoms with Gasteiger partial charge in [-0.3, -0.25) is 4.79 Å². The lowest BCUT2D eigenvalue weighted by molar-refractivity contribution is -0.121. The van der Waals surface area contributed by atoms with Crippen LogP contribution in [0.1, 0.15) is 38.8 Å². The van der Waals surface area contributed by atoms with Crippen LogP contribution in [0.5, 0.6) is 5.75 Å². The lowest BCUT2D eigenvalue weighted by Crippen LogP contribution is -2.33. The highest BCUT2D eigenvalue weighted by Gasteiger charge is 2.07. The van der Waals surface area contributed by atoms with Crippen LogP contribution in [0.25, 0.3) is 0 Å². The van der Waals surface area contributed by atoms with Crippen LogP contribution in [0.4, 0.5) is 0 Å². The van der Waals surface area contributed by atoms with E-state index in [4.69, 9.17) is 4.74 Å². The van der Waals surface area contributed by atoms with E-state index in [-0.39, 0.29) is 18.0 Å². The highest BCUT2D eigenvalue weighted by Crippen LogP contribution is 2.16. The first-order valence-corrected chi connectivity index (χ1v) is 6.69. The van der Waals surface area contributed by atoms with Crippen LogP contribution < -0.4 is 15.4 Å². The molecule has 1 atom stereocenters. The molecule has 1 rings (SSSR count). The highest BCUT2D eigenvalue weighted by atomic mass is 16.5. The molecule has 0 radical (unpaired) electrons. The number of nitrogens with one attached hydrogen (secondary N) is 2.